The molecular formula is C12H16O5S. The summed E-state index contributed by atoms with van der Waals surface area (Å²) in [5.41, 5.74) is 0.957. The summed E-state index contributed by atoms with van der Waals surface area (Å²) in [4.78, 5) is 11.0. The molecule has 0 aliphatic heterocycles. The summed E-state index contributed by atoms with van der Waals surface area (Å²) >= 11 is 0. The van der Waals surface area contributed by atoms with Gasteiger partial charge in [0.1, 0.15) is 0 Å². The number of aryl methyl sites for hydroxylation is 2. The lowest BCUT2D eigenvalue weighted by Gasteiger charge is -2.12. The molecule has 1 aromatic rings. The molecule has 0 fully saturated rings. The maximum atomic E-state index is 12.0. The maximum Gasteiger partial charge on any atom is 0.335 e. The number of carboxylic acids is 1. The molecular weight excluding hydrogens is 256 g/mol. The Morgan fingerprint density at radius 2 is 1.83 bits per heavy atom. The van der Waals surface area contributed by atoms with E-state index >= 15 is 0 Å². The van der Waals surface area contributed by atoms with E-state index in [2.05, 4.69) is 0 Å². The predicted octanol–water partition coefficient (Wildman–Crippen LogP) is 1.16. The van der Waals surface area contributed by atoms with Crippen LogP contribution in [0.5, 0.6) is 0 Å². The summed E-state index contributed by atoms with van der Waals surface area (Å²) in [5, 5.41) is 18.2. The van der Waals surface area contributed by atoms with Gasteiger partial charge in [0.25, 0.3) is 0 Å². The molecule has 0 saturated carbocycles. The van der Waals surface area contributed by atoms with Crippen molar-refractivity contribution in [3.8, 4) is 0 Å². The molecule has 0 aliphatic rings. The highest BCUT2D eigenvalue weighted by Crippen LogP contribution is 2.22. The van der Waals surface area contributed by atoms with Crippen molar-refractivity contribution in [3.63, 3.8) is 0 Å². The molecule has 0 radical (unpaired) electrons. The Labute approximate surface area is 106 Å². The van der Waals surface area contributed by atoms with Gasteiger partial charge in [-0.05, 0) is 38.0 Å². The molecule has 0 saturated heterocycles. The number of hydrogen-bond donors (Lipinski definition) is 2. The first kappa shape index (κ1) is 14.7. The van der Waals surface area contributed by atoms with E-state index in [1.165, 1.54) is 13.0 Å². The minimum atomic E-state index is -3.68. The van der Waals surface area contributed by atoms with E-state index in [1.54, 1.807) is 13.8 Å². The third-order valence-corrected chi connectivity index (χ3v) is 4.58. The van der Waals surface area contributed by atoms with E-state index < -0.39 is 27.7 Å². The molecule has 0 aliphatic carbocycles. The van der Waals surface area contributed by atoms with Crippen LogP contribution in [0.2, 0.25) is 0 Å². The topological polar surface area (TPSA) is 91.7 Å². The molecule has 6 heteroatoms. The Morgan fingerprint density at radius 1 is 1.28 bits per heavy atom. The lowest BCUT2D eigenvalue weighted by atomic mass is 10.1. The van der Waals surface area contributed by atoms with Crippen LogP contribution < -0.4 is 0 Å². The Morgan fingerprint density at radius 3 is 2.28 bits per heavy atom. The van der Waals surface area contributed by atoms with Gasteiger partial charge in [-0.1, -0.05) is 6.07 Å². The van der Waals surface area contributed by atoms with E-state index in [0.717, 1.165) is 6.07 Å². The zero-order chi connectivity index (χ0) is 14.1. The minimum Gasteiger partial charge on any atom is -0.478 e. The molecule has 0 spiro atoms. The Hall–Kier alpha value is -1.40. The molecule has 5 nitrogen and oxygen atoms in total. The maximum absolute atomic E-state index is 12.0. The molecule has 1 atom stereocenters. The van der Waals surface area contributed by atoms with Crippen molar-refractivity contribution >= 4 is 15.8 Å². The first-order chi connectivity index (χ1) is 8.15. The molecule has 0 heterocycles. The zero-order valence-corrected chi connectivity index (χ0v) is 11.3. The molecule has 1 unspecified atom stereocenters. The fourth-order valence-corrected chi connectivity index (χ4v) is 3.47. The van der Waals surface area contributed by atoms with Crippen molar-refractivity contribution in [1.29, 1.82) is 0 Å². The van der Waals surface area contributed by atoms with Gasteiger partial charge in [-0.3, -0.25) is 0 Å². The van der Waals surface area contributed by atoms with Crippen LogP contribution in [0.15, 0.2) is 17.0 Å². The van der Waals surface area contributed by atoms with E-state index in [1.807, 2.05) is 0 Å². The molecule has 0 amide bonds. The lowest BCUT2D eigenvalue weighted by molar-refractivity contribution is 0.0696. The highest BCUT2D eigenvalue weighted by molar-refractivity contribution is 7.91. The number of rotatable bonds is 4. The average Bonchev–Trinajstić information content (AvgIpc) is 2.13. The standard InChI is InChI=1S/C12H16O5S/c1-7-4-8(2)11(5-10(7)12(14)15)18(16,17)6-9(3)13/h4-5,9,13H,6H2,1-3H3,(H,14,15). The molecule has 0 aromatic heterocycles. The number of aromatic carboxylic acids is 1. The molecule has 1 aromatic carbocycles. The molecule has 100 valence electrons. The van der Waals surface area contributed by atoms with Crippen LogP contribution in [-0.2, 0) is 9.84 Å². The molecule has 18 heavy (non-hydrogen) atoms. The summed E-state index contributed by atoms with van der Waals surface area (Å²) in [6.07, 6.45) is -0.996. The van der Waals surface area contributed by atoms with Gasteiger partial charge in [-0.2, -0.15) is 0 Å². The Kier molecular flexibility index (Phi) is 4.13. The highest BCUT2D eigenvalue weighted by Gasteiger charge is 2.22. The zero-order valence-electron chi connectivity index (χ0n) is 10.5. The fraction of sp³-hybridized carbons (Fsp3) is 0.417. The van der Waals surface area contributed by atoms with Crippen molar-refractivity contribution in [2.45, 2.75) is 31.8 Å². The predicted molar refractivity (Wildman–Crippen MR) is 66.6 cm³/mol. The second-order valence-electron chi connectivity index (χ2n) is 4.37. The van der Waals surface area contributed by atoms with Crippen LogP contribution in [0.1, 0.15) is 28.4 Å². The quantitative estimate of drug-likeness (QED) is 0.858. The normalized spacial score (nSPS) is 13.3. The van der Waals surface area contributed by atoms with Crippen LogP contribution in [-0.4, -0.2) is 36.5 Å². The first-order valence-electron chi connectivity index (χ1n) is 5.40. The van der Waals surface area contributed by atoms with Crippen molar-refractivity contribution in [3.05, 3.63) is 28.8 Å². The molecule has 2 N–H and O–H groups in total. The smallest absolute Gasteiger partial charge is 0.335 e. The van der Waals surface area contributed by atoms with Crippen molar-refractivity contribution in [2.75, 3.05) is 5.75 Å². The first-order valence-corrected chi connectivity index (χ1v) is 7.05. The summed E-state index contributed by atoms with van der Waals surface area (Å²) < 4.78 is 24.0. The largest absolute Gasteiger partial charge is 0.478 e. The van der Waals surface area contributed by atoms with Crippen molar-refractivity contribution in [1.82, 2.24) is 0 Å². The summed E-state index contributed by atoms with van der Waals surface area (Å²) in [7, 11) is -3.68. The Bertz CT molecular complexity index is 572. The number of carboxylic acid groups (broad SMARTS) is 1. The third-order valence-electron chi connectivity index (χ3n) is 2.55. The lowest BCUT2D eigenvalue weighted by Crippen LogP contribution is -2.19. The second kappa shape index (κ2) is 5.07. The fourth-order valence-electron chi connectivity index (χ4n) is 1.81. The average molecular weight is 272 g/mol. The summed E-state index contributed by atoms with van der Waals surface area (Å²) in [6.45, 7) is 4.59. The molecule has 1 rings (SSSR count). The van der Waals surface area contributed by atoms with E-state index in [-0.39, 0.29) is 10.5 Å². The summed E-state index contributed by atoms with van der Waals surface area (Å²) in [5.74, 6) is -1.59. The van der Waals surface area contributed by atoms with Crippen LogP contribution in [0, 0.1) is 13.8 Å². The number of hydrogen-bond acceptors (Lipinski definition) is 4. The molecule has 0 bridgehead atoms. The van der Waals surface area contributed by atoms with Gasteiger partial charge >= 0.3 is 5.97 Å². The van der Waals surface area contributed by atoms with Crippen LogP contribution >= 0.6 is 0 Å². The van der Waals surface area contributed by atoms with Crippen LogP contribution in [0.4, 0.5) is 0 Å². The van der Waals surface area contributed by atoms with Crippen molar-refractivity contribution < 1.29 is 23.4 Å². The SMILES string of the molecule is Cc1cc(C)c(S(=O)(=O)CC(C)O)cc1C(=O)O. The van der Waals surface area contributed by atoms with Crippen LogP contribution in [0.25, 0.3) is 0 Å². The van der Waals surface area contributed by atoms with Gasteiger partial charge in [-0.15, -0.1) is 0 Å². The second-order valence-corrected chi connectivity index (χ2v) is 6.37. The number of aliphatic hydroxyl groups is 1. The summed E-state index contributed by atoms with van der Waals surface area (Å²) in [6, 6.07) is 2.68. The number of carbonyl (C=O) groups is 1. The van der Waals surface area contributed by atoms with Gasteiger partial charge in [0.2, 0.25) is 0 Å². The number of benzene rings is 1. The van der Waals surface area contributed by atoms with Gasteiger partial charge in [0.05, 0.1) is 22.3 Å². The van der Waals surface area contributed by atoms with Gasteiger partial charge < -0.3 is 10.2 Å². The third kappa shape index (κ3) is 3.08. The van der Waals surface area contributed by atoms with Gasteiger partial charge in [0, 0.05) is 0 Å². The Balaban J connectivity index is 3.42. The van der Waals surface area contributed by atoms with Gasteiger partial charge in [-0.25, -0.2) is 13.2 Å². The highest BCUT2D eigenvalue weighted by atomic mass is 32.2. The van der Waals surface area contributed by atoms with Crippen LogP contribution in [0.3, 0.4) is 0 Å². The van der Waals surface area contributed by atoms with Gasteiger partial charge in [0.15, 0.2) is 9.84 Å². The van der Waals surface area contributed by atoms with E-state index in [4.69, 9.17) is 5.11 Å². The monoisotopic (exact) mass is 272 g/mol. The van der Waals surface area contributed by atoms with Crippen molar-refractivity contribution in [2.24, 2.45) is 0 Å². The number of aliphatic hydroxyl groups excluding tert-OH is 1. The van der Waals surface area contributed by atoms with E-state index in [0.29, 0.717) is 11.1 Å². The number of sulfone groups is 1. The minimum absolute atomic E-state index is 0.0357. The van der Waals surface area contributed by atoms with E-state index in [9.17, 15) is 18.3 Å².